The number of piperidine rings is 1. The standard InChI is InChI=1S/C24H33N5O/c1-19-8-2-3-12-28(19)15-7-11-25-24(30)21-10-6-9-20(16-21)22-17-23(27-18-26-22)29-13-4-5-14-29/h6,9-10,16-19H,2-5,7-8,11-15H2,1H3,(H,25,30). The Labute approximate surface area is 179 Å². The van der Waals surface area contributed by atoms with Crippen LogP contribution in [0.3, 0.4) is 0 Å². The molecule has 1 amide bonds. The third kappa shape index (κ3) is 5.17. The van der Waals surface area contributed by atoms with E-state index in [1.54, 1.807) is 6.33 Å². The molecule has 1 atom stereocenters. The number of aromatic nitrogens is 2. The Bertz CT molecular complexity index is 849. The molecule has 0 radical (unpaired) electrons. The van der Waals surface area contributed by atoms with Crippen LogP contribution in [0, 0.1) is 0 Å². The molecule has 2 saturated heterocycles. The number of nitrogens with zero attached hydrogens (tertiary/aromatic N) is 4. The predicted octanol–water partition coefficient (Wildman–Crippen LogP) is 3.74. The molecule has 2 aromatic rings. The van der Waals surface area contributed by atoms with Crippen LogP contribution < -0.4 is 10.2 Å². The Morgan fingerprint density at radius 3 is 2.77 bits per heavy atom. The zero-order valence-corrected chi connectivity index (χ0v) is 18.0. The second-order valence-electron chi connectivity index (χ2n) is 8.53. The molecule has 0 aliphatic carbocycles. The van der Waals surface area contributed by atoms with Crippen molar-refractivity contribution in [1.29, 1.82) is 0 Å². The van der Waals surface area contributed by atoms with Crippen molar-refractivity contribution < 1.29 is 4.79 Å². The van der Waals surface area contributed by atoms with Crippen LogP contribution in [0.1, 0.15) is 55.8 Å². The van der Waals surface area contributed by atoms with Gasteiger partial charge in [-0.1, -0.05) is 18.6 Å². The minimum Gasteiger partial charge on any atom is -0.357 e. The van der Waals surface area contributed by atoms with E-state index in [1.807, 2.05) is 30.3 Å². The first-order chi connectivity index (χ1) is 14.7. The van der Waals surface area contributed by atoms with Crippen molar-refractivity contribution >= 4 is 11.7 Å². The van der Waals surface area contributed by atoms with E-state index in [2.05, 4.69) is 32.0 Å². The van der Waals surface area contributed by atoms with Crippen molar-refractivity contribution in [2.75, 3.05) is 37.6 Å². The van der Waals surface area contributed by atoms with Gasteiger partial charge in [0.05, 0.1) is 5.69 Å². The largest absolute Gasteiger partial charge is 0.357 e. The Morgan fingerprint density at radius 1 is 1.10 bits per heavy atom. The van der Waals surface area contributed by atoms with Crippen molar-refractivity contribution in [3.8, 4) is 11.3 Å². The van der Waals surface area contributed by atoms with E-state index in [0.717, 1.165) is 43.1 Å². The average molecular weight is 408 g/mol. The van der Waals surface area contributed by atoms with Crippen LogP contribution in [0.4, 0.5) is 5.82 Å². The van der Waals surface area contributed by atoms with Gasteiger partial charge in [0.15, 0.2) is 0 Å². The van der Waals surface area contributed by atoms with Gasteiger partial charge >= 0.3 is 0 Å². The molecule has 4 rings (SSSR count). The highest BCUT2D eigenvalue weighted by Crippen LogP contribution is 2.24. The third-order valence-electron chi connectivity index (χ3n) is 6.35. The van der Waals surface area contributed by atoms with Crippen molar-refractivity contribution in [2.45, 2.75) is 51.5 Å². The predicted molar refractivity (Wildman–Crippen MR) is 121 cm³/mol. The van der Waals surface area contributed by atoms with Crippen LogP contribution >= 0.6 is 0 Å². The fourth-order valence-electron chi connectivity index (χ4n) is 4.52. The first kappa shape index (κ1) is 20.8. The first-order valence-electron chi connectivity index (χ1n) is 11.4. The molecule has 1 N–H and O–H groups in total. The van der Waals surface area contributed by atoms with E-state index in [9.17, 15) is 4.79 Å². The molecular formula is C24H33N5O. The summed E-state index contributed by atoms with van der Waals surface area (Å²) in [6.07, 6.45) is 8.97. The minimum atomic E-state index is -0.0163. The maximum atomic E-state index is 12.7. The zero-order chi connectivity index (χ0) is 20.8. The summed E-state index contributed by atoms with van der Waals surface area (Å²) in [4.78, 5) is 26.4. The van der Waals surface area contributed by atoms with Gasteiger partial charge in [-0.3, -0.25) is 4.79 Å². The number of amides is 1. The summed E-state index contributed by atoms with van der Waals surface area (Å²) in [7, 11) is 0. The first-order valence-corrected chi connectivity index (χ1v) is 11.4. The van der Waals surface area contributed by atoms with Gasteiger partial charge < -0.3 is 15.1 Å². The fourth-order valence-corrected chi connectivity index (χ4v) is 4.52. The van der Waals surface area contributed by atoms with Crippen LogP contribution in [-0.2, 0) is 0 Å². The molecule has 1 aromatic carbocycles. The number of anilines is 1. The van der Waals surface area contributed by atoms with Crippen molar-refractivity contribution in [1.82, 2.24) is 20.2 Å². The summed E-state index contributed by atoms with van der Waals surface area (Å²) in [5.41, 5.74) is 2.49. The average Bonchev–Trinajstić information content (AvgIpc) is 3.33. The van der Waals surface area contributed by atoms with Crippen LogP contribution in [0.15, 0.2) is 36.7 Å². The van der Waals surface area contributed by atoms with Gasteiger partial charge in [-0.25, -0.2) is 9.97 Å². The maximum Gasteiger partial charge on any atom is 0.251 e. The van der Waals surface area contributed by atoms with Gasteiger partial charge in [0.1, 0.15) is 12.1 Å². The molecule has 6 nitrogen and oxygen atoms in total. The monoisotopic (exact) mass is 407 g/mol. The van der Waals surface area contributed by atoms with Crippen LogP contribution in [0.25, 0.3) is 11.3 Å². The molecule has 3 heterocycles. The molecule has 2 aliphatic heterocycles. The lowest BCUT2D eigenvalue weighted by atomic mass is 10.0. The van der Waals surface area contributed by atoms with E-state index in [-0.39, 0.29) is 5.91 Å². The van der Waals surface area contributed by atoms with Crippen molar-refractivity contribution in [3.63, 3.8) is 0 Å². The summed E-state index contributed by atoms with van der Waals surface area (Å²) in [6, 6.07) is 10.4. The number of rotatable bonds is 7. The SMILES string of the molecule is CC1CCCCN1CCCNC(=O)c1cccc(-c2cc(N3CCCC3)ncn2)c1. The fraction of sp³-hybridized carbons (Fsp3) is 0.542. The Kier molecular flexibility index (Phi) is 6.95. The highest BCUT2D eigenvalue weighted by molar-refractivity contribution is 5.95. The van der Waals surface area contributed by atoms with E-state index in [1.165, 1.54) is 38.6 Å². The zero-order valence-electron chi connectivity index (χ0n) is 18.0. The molecular weight excluding hydrogens is 374 g/mol. The van der Waals surface area contributed by atoms with Gasteiger partial charge in [-0.05, 0) is 57.7 Å². The van der Waals surface area contributed by atoms with Crippen LogP contribution in [-0.4, -0.2) is 59.5 Å². The Balaban J connectivity index is 1.33. The normalized spacial score (nSPS) is 19.8. The molecule has 0 saturated carbocycles. The summed E-state index contributed by atoms with van der Waals surface area (Å²) in [5.74, 6) is 0.955. The summed E-state index contributed by atoms with van der Waals surface area (Å²) >= 11 is 0. The molecule has 2 aliphatic rings. The second-order valence-corrected chi connectivity index (χ2v) is 8.53. The van der Waals surface area contributed by atoms with Crippen LogP contribution in [0.2, 0.25) is 0 Å². The van der Waals surface area contributed by atoms with E-state index >= 15 is 0 Å². The molecule has 0 spiro atoms. The minimum absolute atomic E-state index is 0.0163. The molecule has 2 fully saturated rings. The number of nitrogens with one attached hydrogen (secondary N) is 1. The number of benzene rings is 1. The highest BCUT2D eigenvalue weighted by atomic mass is 16.1. The van der Waals surface area contributed by atoms with E-state index in [4.69, 9.17) is 0 Å². The molecule has 30 heavy (non-hydrogen) atoms. The topological polar surface area (TPSA) is 61.4 Å². The second kappa shape index (κ2) is 10.0. The van der Waals surface area contributed by atoms with Gasteiger partial charge in [0.2, 0.25) is 0 Å². The summed E-state index contributed by atoms with van der Waals surface area (Å²) in [6.45, 7) is 7.37. The number of hydrogen-bond donors (Lipinski definition) is 1. The summed E-state index contributed by atoms with van der Waals surface area (Å²) in [5, 5.41) is 3.08. The van der Waals surface area contributed by atoms with E-state index < -0.39 is 0 Å². The van der Waals surface area contributed by atoms with Gasteiger partial charge in [0, 0.05) is 49.4 Å². The smallest absolute Gasteiger partial charge is 0.251 e. The Morgan fingerprint density at radius 2 is 1.93 bits per heavy atom. The van der Waals surface area contributed by atoms with Gasteiger partial charge in [-0.15, -0.1) is 0 Å². The van der Waals surface area contributed by atoms with Crippen molar-refractivity contribution in [2.24, 2.45) is 0 Å². The molecule has 1 aromatic heterocycles. The summed E-state index contributed by atoms with van der Waals surface area (Å²) < 4.78 is 0. The van der Waals surface area contributed by atoms with Gasteiger partial charge in [-0.2, -0.15) is 0 Å². The van der Waals surface area contributed by atoms with Gasteiger partial charge in [0.25, 0.3) is 5.91 Å². The lowest BCUT2D eigenvalue weighted by Crippen LogP contribution is -2.39. The number of hydrogen-bond acceptors (Lipinski definition) is 5. The van der Waals surface area contributed by atoms with Crippen molar-refractivity contribution in [3.05, 3.63) is 42.2 Å². The highest BCUT2D eigenvalue weighted by Gasteiger charge is 2.18. The molecule has 1 unspecified atom stereocenters. The number of carbonyl (C=O) groups is 1. The quantitative estimate of drug-likeness (QED) is 0.709. The molecule has 0 bridgehead atoms. The van der Waals surface area contributed by atoms with E-state index in [0.29, 0.717) is 18.2 Å². The molecule has 6 heteroatoms. The molecule has 160 valence electrons. The maximum absolute atomic E-state index is 12.7. The van der Waals surface area contributed by atoms with Crippen LogP contribution in [0.5, 0.6) is 0 Å². The number of likely N-dealkylation sites (tertiary alicyclic amines) is 1. The third-order valence-corrected chi connectivity index (χ3v) is 6.35. The lowest BCUT2D eigenvalue weighted by molar-refractivity contribution is 0.0949. The lowest BCUT2D eigenvalue weighted by Gasteiger charge is -2.33. The Hall–Kier alpha value is -2.47. The number of carbonyl (C=O) groups excluding carboxylic acids is 1.